The van der Waals surface area contributed by atoms with Crippen molar-refractivity contribution < 1.29 is 18.0 Å². The molecule has 0 spiro atoms. The zero-order valence-electron chi connectivity index (χ0n) is 18.6. The van der Waals surface area contributed by atoms with Gasteiger partial charge in [0.2, 0.25) is 5.43 Å². The van der Waals surface area contributed by atoms with Crippen molar-refractivity contribution in [3.63, 3.8) is 0 Å². The van der Waals surface area contributed by atoms with E-state index in [2.05, 4.69) is 10.4 Å². The van der Waals surface area contributed by atoms with Crippen LogP contribution >= 0.6 is 0 Å². The molecule has 0 aliphatic carbocycles. The number of aromatic nitrogens is 2. The molecule has 1 unspecified atom stereocenters. The highest BCUT2D eigenvalue weighted by Crippen LogP contribution is 2.33. The Kier molecular flexibility index (Phi) is 7.33. The minimum absolute atomic E-state index is 0.183. The quantitative estimate of drug-likeness (QED) is 0.589. The Labute approximate surface area is 189 Å². The average Bonchev–Trinajstić information content (AvgIpc) is 2.73. The van der Waals surface area contributed by atoms with Crippen molar-refractivity contribution in [1.82, 2.24) is 20.0 Å². The fourth-order valence-electron chi connectivity index (χ4n) is 3.60. The van der Waals surface area contributed by atoms with Crippen LogP contribution in [0.3, 0.4) is 0 Å². The maximum absolute atomic E-state index is 13.5. The second-order valence-electron chi connectivity index (χ2n) is 8.05. The molecule has 2 aromatic carbocycles. The lowest BCUT2D eigenvalue weighted by atomic mass is 10.1. The summed E-state index contributed by atoms with van der Waals surface area (Å²) in [5, 5.41) is 6.85. The number of hydrogen-bond acceptors (Lipinski definition) is 4. The molecular formula is C24H25F3N4O2. The number of aryl methyl sites for hydroxylation is 1. The third-order valence-electron chi connectivity index (χ3n) is 5.01. The Balaban J connectivity index is 1.96. The van der Waals surface area contributed by atoms with Gasteiger partial charge in [0.1, 0.15) is 0 Å². The molecule has 3 aromatic rings. The lowest BCUT2D eigenvalue weighted by Crippen LogP contribution is -2.45. The summed E-state index contributed by atoms with van der Waals surface area (Å²) < 4.78 is 41.5. The molecule has 1 amide bonds. The summed E-state index contributed by atoms with van der Waals surface area (Å²) in [5.41, 5.74) is -1.11. The number of carbonyl (C=O) groups excluding carboxylic acids is 1. The van der Waals surface area contributed by atoms with Crippen LogP contribution < -0.4 is 10.7 Å². The number of hydrogen-bond donors (Lipinski definition) is 1. The predicted octanol–water partition coefficient (Wildman–Crippen LogP) is 3.46. The number of nitrogens with zero attached hydrogens (tertiary/aromatic N) is 3. The van der Waals surface area contributed by atoms with Gasteiger partial charge < -0.3 is 10.2 Å². The minimum Gasteiger partial charge on any atom is -0.346 e. The Bertz CT molecular complexity index is 1170. The highest BCUT2D eigenvalue weighted by atomic mass is 19.4. The van der Waals surface area contributed by atoms with Crippen LogP contribution in [0, 0.1) is 6.92 Å². The van der Waals surface area contributed by atoms with Gasteiger partial charge in [0.05, 0.1) is 11.3 Å². The van der Waals surface area contributed by atoms with E-state index in [0.717, 1.165) is 22.4 Å². The number of halogens is 3. The molecule has 9 heteroatoms. The van der Waals surface area contributed by atoms with E-state index in [0.29, 0.717) is 13.0 Å². The summed E-state index contributed by atoms with van der Waals surface area (Å²) in [6.07, 6.45) is -4.11. The van der Waals surface area contributed by atoms with E-state index in [1.807, 2.05) is 49.3 Å². The first kappa shape index (κ1) is 24.2. The largest absolute Gasteiger partial charge is 0.418 e. The molecular weight excluding hydrogens is 433 g/mol. The molecule has 1 N–H and O–H groups in total. The second-order valence-corrected chi connectivity index (χ2v) is 8.05. The van der Waals surface area contributed by atoms with Gasteiger partial charge in [0.15, 0.2) is 5.69 Å². The molecule has 6 nitrogen and oxygen atoms in total. The third kappa shape index (κ3) is 6.07. The molecule has 0 fully saturated rings. The summed E-state index contributed by atoms with van der Waals surface area (Å²) in [4.78, 5) is 27.4. The Morgan fingerprint density at radius 1 is 1.09 bits per heavy atom. The molecule has 0 aliphatic rings. The Morgan fingerprint density at radius 3 is 2.36 bits per heavy atom. The number of amides is 1. The molecule has 0 saturated heterocycles. The van der Waals surface area contributed by atoms with Gasteiger partial charge in [-0.1, -0.05) is 42.5 Å². The van der Waals surface area contributed by atoms with Crippen LogP contribution in [-0.2, 0) is 12.6 Å². The zero-order valence-corrected chi connectivity index (χ0v) is 18.6. The van der Waals surface area contributed by atoms with Crippen molar-refractivity contribution in [2.75, 3.05) is 20.6 Å². The number of likely N-dealkylation sites (N-methyl/N-ethyl adjacent to an activating group) is 1. The highest BCUT2D eigenvalue weighted by Gasteiger charge is 2.34. The van der Waals surface area contributed by atoms with E-state index in [9.17, 15) is 22.8 Å². The fraction of sp³-hybridized carbons (Fsp3) is 0.292. The van der Waals surface area contributed by atoms with Gasteiger partial charge in [-0.05, 0) is 45.1 Å². The maximum atomic E-state index is 13.5. The number of rotatable bonds is 7. The van der Waals surface area contributed by atoms with Crippen LogP contribution in [-0.4, -0.2) is 47.3 Å². The number of carbonyl (C=O) groups is 1. The second kappa shape index (κ2) is 9.99. The van der Waals surface area contributed by atoms with Crippen LogP contribution in [0.2, 0.25) is 0 Å². The van der Waals surface area contributed by atoms with Crippen LogP contribution in [0.4, 0.5) is 13.2 Å². The summed E-state index contributed by atoms with van der Waals surface area (Å²) >= 11 is 0. The van der Waals surface area contributed by atoms with Crippen molar-refractivity contribution >= 4 is 5.91 Å². The van der Waals surface area contributed by atoms with Gasteiger partial charge in [0, 0.05) is 24.3 Å². The zero-order chi connectivity index (χ0) is 24.2. The van der Waals surface area contributed by atoms with Crippen molar-refractivity contribution in [3.05, 3.63) is 93.4 Å². The lowest BCUT2D eigenvalue weighted by Gasteiger charge is -2.22. The average molecular weight is 458 g/mol. The topological polar surface area (TPSA) is 67.2 Å². The van der Waals surface area contributed by atoms with E-state index in [4.69, 9.17) is 0 Å². The van der Waals surface area contributed by atoms with Gasteiger partial charge in [-0.3, -0.25) is 9.59 Å². The van der Waals surface area contributed by atoms with Crippen molar-refractivity contribution in [1.29, 1.82) is 0 Å². The summed E-state index contributed by atoms with van der Waals surface area (Å²) in [5.74, 6) is -0.735. The highest BCUT2D eigenvalue weighted by molar-refractivity contribution is 5.92. The van der Waals surface area contributed by atoms with Gasteiger partial charge in [-0.15, -0.1) is 0 Å². The molecule has 0 aliphatic heterocycles. The van der Waals surface area contributed by atoms with Gasteiger partial charge in [0.25, 0.3) is 5.91 Å². The first-order chi connectivity index (χ1) is 15.6. The van der Waals surface area contributed by atoms with Crippen LogP contribution in [0.5, 0.6) is 0 Å². The molecule has 0 saturated carbocycles. The normalized spacial score (nSPS) is 12.6. The summed E-state index contributed by atoms with van der Waals surface area (Å²) in [6, 6.07) is 15.2. The first-order valence-corrected chi connectivity index (χ1v) is 10.3. The smallest absolute Gasteiger partial charge is 0.346 e. The van der Waals surface area contributed by atoms with Crippen LogP contribution in [0.15, 0.2) is 65.5 Å². The van der Waals surface area contributed by atoms with Gasteiger partial charge in [-0.2, -0.15) is 18.3 Å². The predicted molar refractivity (Wildman–Crippen MR) is 120 cm³/mol. The van der Waals surface area contributed by atoms with E-state index in [-0.39, 0.29) is 17.4 Å². The minimum atomic E-state index is -4.62. The van der Waals surface area contributed by atoms with Crippen molar-refractivity contribution in [2.24, 2.45) is 0 Å². The molecule has 0 radical (unpaired) electrons. The standard InChI is InChI=1S/C24H25F3N4O2/c1-16-13-21(32)22(29-31(16)20-12-8-7-11-19(20)24(25,26)27)23(33)28-18(15-30(2)3)14-17-9-5-4-6-10-17/h4-13,18H,14-15H2,1-3H3,(H,28,33). The van der Waals surface area contributed by atoms with E-state index in [1.165, 1.54) is 25.1 Å². The van der Waals surface area contributed by atoms with Crippen LogP contribution in [0.25, 0.3) is 5.69 Å². The molecule has 174 valence electrons. The molecule has 1 atom stereocenters. The number of nitrogens with one attached hydrogen (secondary N) is 1. The van der Waals surface area contributed by atoms with Crippen molar-refractivity contribution in [2.45, 2.75) is 25.6 Å². The summed E-state index contributed by atoms with van der Waals surface area (Å²) in [6.45, 7) is 1.96. The maximum Gasteiger partial charge on any atom is 0.418 e. The third-order valence-corrected chi connectivity index (χ3v) is 5.01. The van der Waals surface area contributed by atoms with E-state index < -0.39 is 28.8 Å². The molecule has 33 heavy (non-hydrogen) atoms. The monoisotopic (exact) mass is 458 g/mol. The fourth-order valence-corrected chi connectivity index (χ4v) is 3.60. The summed E-state index contributed by atoms with van der Waals surface area (Å²) in [7, 11) is 3.71. The molecule has 3 rings (SSSR count). The van der Waals surface area contributed by atoms with E-state index in [1.54, 1.807) is 0 Å². The van der Waals surface area contributed by atoms with E-state index >= 15 is 0 Å². The first-order valence-electron chi connectivity index (χ1n) is 10.3. The number of benzene rings is 2. The molecule has 1 heterocycles. The number of para-hydroxylation sites is 1. The lowest BCUT2D eigenvalue weighted by molar-refractivity contribution is -0.137. The van der Waals surface area contributed by atoms with Crippen LogP contribution in [0.1, 0.15) is 27.3 Å². The SMILES string of the molecule is Cc1cc(=O)c(C(=O)NC(Cc2ccccc2)CN(C)C)nn1-c1ccccc1C(F)(F)F. The Morgan fingerprint density at radius 2 is 1.73 bits per heavy atom. The van der Waals surface area contributed by atoms with Gasteiger partial charge in [-0.25, -0.2) is 4.68 Å². The van der Waals surface area contributed by atoms with Crippen molar-refractivity contribution in [3.8, 4) is 5.69 Å². The number of alkyl halides is 3. The van der Waals surface area contributed by atoms with Gasteiger partial charge >= 0.3 is 6.18 Å². The molecule has 0 bridgehead atoms. The molecule has 1 aromatic heterocycles. The Hall–Kier alpha value is -3.46.